The van der Waals surface area contributed by atoms with E-state index >= 15 is 0 Å². The summed E-state index contributed by atoms with van der Waals surface area (Å²) in [4.78, 5) is 15.4. The lowest BCUT2D eigenvalue weighted by molar-refractivity contribution is -0.118. The molecule has 2 aromatic carbocycles. The average Bonchev–Trinajstić information content (AvgIpc) is 2.73. The Kier molecular flexibility index (Phi) is 8.14. The van der Waals surface area contributed by atoms with Gasteiger partial charge in [0.05, 0.1) is 19.3 Å². The first-order chi connectivity index (χ1) is 15.2. The van der Waals surface area contributed by atoms with Gasteiger partial charge in [0, 0.05) is 28.8 Å². The summed E-state index contributed by atoms with van der Waals surface area (Å²) < 4.78 is 18.0. The SMILES string of the molecule is COc1cc(C(=S)N2C[C@@H](C)O[C@H](C)C2)ccc1OCC(=O)Nc1c(C)cc(Br)cc1C. The Morgan fingerprint density at radius 2 is 1.78 bits per heavy atom. The quantitative estimate of drug-likeness (QED) is 0.548. The van der Waals surface area contributed by atoms with E-state index in [4.69, 9.17) is 26.4 Å². The van der Waals surface area contributed by atoms with E-state index in [-0.39, 0.29) is 24.7 Å². The van der Waals surface area contributed by atoms with Gasteiger partial charge in [-0.3, -0.25) is 4.79 Å². The molecule has 3 rings (SSSR count). The standard InChI is InChI=1S/C24H29BrN2O4S/c1-14-8-19(25)9-15(2)23(14)26-22(28)13-30-20-7-6-18(10-21(20)29-5)24(32)27-11-16(3)31-17(4)12-27/h6-10,16-17H,11-13H2,1-5H3,(H,26,28)/t16-,17-/m1/s1. The van der Waals surface area contributed by atoms with Gasteiger partial charge in [-0.15, -0.1) is 0 Å². The second kappa shape index (κ2) is 10.6. The molecular weight excluding hydrogens is 492 g/mol. The number of halogens is 1. The molecule has 1 saturated heterocycles. The summed E-state index contributed by atoms with van der Waals surface area (Å²) in [7, 11) is 1.57. The number of amides is 1. The van der Waals surface area contributed by atoms with Crippen molar-refractivity contribution in [3.05, 3.63) is 51.5 Å². The molecule has 2 atom stereocenters. The largest absolute Gasteiger partial charge is 0.493 e. The van der Waals surface area contributed by atoms with Gasteiger partial charge in [0.25, 0.3) is 5.91 Å². The number of thiocarbonyl (C=S) groups is 1. The predicted molar refractivity (Wildman–Crippen MR) is 134 cm³/mol. The van der Waals surface area contributed by atoms with E-state index in [0.717, 1.165) is 44.9 Å². The monoisotopic (exact) mass is 520 g/mol. The van der Waals surface area contributed by atoms with Crippen molar-refractivity contribution in [1.29, 1.82) is 0 Å². The number of morpholine rings is 1. The Hall–Kier alpha value is -2.16. The highest BCUT2D eigenvalue weighted by Gasteiger charge is 2.25. The fraction of sp³-hybridized carbons (Fsp3) is 0.417. The Balaban J connectivity index is 1.66. The number of rotatable bonds is 6. The van der Waals surface area contributed by atoms with E-state index in [1.54, 1.807) is 13.2 Å². The van der Waals surface area contributed by atoms with Gasteiger partial charge in [-0.05, 0) is 69.2 Å². The van der Waals surface area contributed by atoms with Crippen LogP contribution in [0.1, 0.15) is 30.5 Å². The van der Waals surface area contributed by atoms with E-state index in [1.165, 1.54) is 0 Å². The summed E-state index contributed by atoms with van der Waals surface area (Å²) >= 11 is 9.18. The number of carbonyl (C=O) groups is 1. The smallest absolute Gasteiger partial charge is 0.262 e. The number of hydrogen-bond acceptors (Lipinski definition) is 5. The van der Waals surface area contributed by atoms with Gasteiger partial charge in [0.15, 0.2) is 18.1 Å². The highest BCUT2D eigenvalue weighted by molar-refractivity contribution is 9.10. The predicted octanol–water partition coefficient (Wildman–Crippen LogP) is 4.88. The maximum Gasteiger partial charge on any atom is 0.262 e. The van der Waals surface area contributed by atoms with Crippen LogP contribution in [0.5, 0.6) is 11.5 Å². The first kappa shape index (κ1) is 24.5. The highest BCUT2D eigenvalue weighted by Crippen LogP contribution is 2.30. The molecule has 0 unspecified atom stereocenters. The molecule has 0 aromatic heterocycles. The van der Waals surface area contributed by atoms with Gasteiger partial charge in [-0.1, -0.05) is 28.1 Å². The third kappa shape index (κ3) is 5.99. The van der Waals surface area contributed by atoms with Crippen LogP contribution >= 0.6 is 28.1 Å². The Bertz CT molecular complexity index is 980. The van der Waals surface area contributed by atoms with Crippen LogP contribution in [0.25, 0.3) is 0 Å². The Morgan fingerprint density at radius 1 is 1.16 bits per heavy atom. The van der Waals surface area contributed by atoms with E-state index < -0.39 is 0 Å². The van der Waals surface area contributed by atoms with Gasteiger partial charge in [0.1, 0.15) is 4.99 Å². The lowest BCUT2D eigenvalue weighted by atomic mass is 10.1. The molecule has 172 valence electrons. The molecule has 0 radical (unpaired) electrons. The fourth-order valence-electron chi connectivity index (χ4n) is 3.87. The van der Waals surface area contributed by atoms with E-state index in [1.807, 2.05) is 52.0 Å². The molecule has 6 nitrogen and oxygen atoms in total. The molecule has 0 aliphatic carbocycles. The van der Waals surface area contributed by atoms with Crippen LogP contribution in [0.15, 0.2) is 34.8 Å². The van der Waals surface area contributed by atoms with Crippen LogP contribution in [0.3, 0.4) is 0 Å². The Morgan fingerprint density at radius 3 is 2.38 bits per heavy atom. The average molecular weight is 521 g/mol. The van der Waals surface area contributed by atoms with Crippen LogP contribution in [-0.4, -0.2) is 54.8 Å². The van der Waals surface area contributed by atoms with Crippen LogP contribution in [0, 0.1) is 13.8 Å². The minimum atomic E-state index is -0.239. The van der Waals surface area contributed by atoms with Gasteiger partial charge >= 0.3 is 0 Å². The molecule has 0 spiro atoms. The molecule has 2 aromatic rings. The van der Waals surface area contributed by atoms with Crippen molar-refractivity contribution < 1.29 is 19.0 Å². The van der Waals surface area contributed by atoms with Crippen molar-refractivity contribution in [3.63, 3.8) is 0 Å². The third-order valence-corrected chi connectivity index (χ3v) is 6.19. The van der Waals surface area contributed by atoms with Crippen molar-refractivity contribution >= 4 is 44.7 Å². The number of methoxy groups -OCH3 is 1. The number of hydrogen-bond donors (Lipinski definition) is 1. The van der Waals surface area contributed by atoms with Crippen LogP contribution in [0.2, 0.25) is 0 Å². The summed E-state index contributed by atoms with van der Waals surface area (Å²) in [5.41, 5.74) is 3.62. The minimum absolute atomic E-state index is 0.123. The van der Waals surface area contributed by atoms with Crippen molar-refractivity contribution in [3.8, 4) is 11.5 Å². The lowest BCUT2D eigenvalue weighted by Crippen LogP contribution is -2.47. The minimum Gasteiger partial charge on any atom is -0.493 e. The number of benzene rings is 2. The zero-order valence-corrected chi connectivity index (χ0v) is 21.4. The third-order valence-electron chi connectivity index (χ3n) is 5.24. The normalized spacial score (nSPS) is 18.2. The summed E-state index contributed by atoms with van der Waals surface area (Å²) in [6, 6.07) is 9.46. The van der Waals surface area contributed by atoms with Crippen molar-refractivity contribution in [2.75, 3.05) is 32.1 Å². The van der Waals surface area contributed by atoms with Crippen LogP contribution in [0.4, 0.5) is 5.69 Å². The molecule has 1 amide bonds. The zero-order valence-electron chi connectivity index (χ0n) is 19.0. The number of carbonyl (C=O) groups excluding carboxylic acids is 1. The van der Waals surface area contributed by atoms with Gasteiger partial charge in [0.2, 0.25) is 0 Å². The first-order valence-corrected chi connectivity index (χ1v) is 11.7. The maximum atomic E-state index is 12.5. The van der Waals surface area contributed by atoms with Crippen molar-refractivity contribution in [2.24, 2.45) is 0 Å². The molecule has 0 bridgehead atoms. The number of ether oxygens (including phenoxy) is 3. The molecule has 0 saturated carbocycles. The molecule has 1 N–H and O–H groups in total. The maximum absolute atomic E-state index is 12.5. The van der Waals surface area contributed by atoms with Gasteiger partial charge in [-0.2, -0.15) is 0 Å². The zero-order chi connectivity index (χ0) is 23.4. The molecule has 32 heavy (non-hydrogen) atoms. The molecule has 1 heterocycles. The van der Waals surface area contributed by atoms with Crippen LogP contribution < -0.4 is 14.8 Å². The molecule has 1 fully saturated rings. The number of nitrogens with one attached hydrogen (secondary N) is 1. The molecular formula is C24H29BrN2O4S. The van der Waals surface area contributed by atoms with E-state index in [0.29, 0.717) is 11.5 Å². The summed E-state index contributed by atoms with van der Waals surface area (Å²) in [6.45, 7) is 9.37. The lowest BCUT2D eigenvalue weighted by Gasteiger charge is -2.37. The van der Waals surface area contributed by atoms with Crippen LogP contribution in [-0.2, 0) is 9.53 Å². The summed E-state index contributed by atoms with van der Waals surface area (Å²) in [6.07, 6.45) is 0.246. The van der Waals surface area contributed by atoms with Crippen molar-refractivity contribution in [2.45, 2.75) is 39.9 Å². The topological polar surface area (TPSA) is 60.0 Å². The molecule has 1 aliphatic rings. The summed E-state index contributed by atoms with van der Waals surface area (Å²) in [5, 5.41) is 2.93. The van der Waals surface area contributed by atoms with E-state index in [9.17, 15) is 4.79 Å². The highest BCUT2D eigenvalue weighted by atomic mass is 79.9. The second-order valence-electron chi connectivity index (χ2n) is 8.08. The summed E-state index contributed by atoms with van der Waals surface area (Å²) in [5.74, 6) is 0.779. The van der Waals surface area contributed by atoms with E-state index in [2.05, 4.69) is 26.1 Å². The van der Waals surface area contributed by atoms with Gasteiger partial charge in [-0.25, -0.2) is 0 Å². The van der Waals surface area contributed by atoms with Gasteiger partial charge < -0.3 is 24.4 Å². The second-order valence-corrected chi connectivity index (χ2v) is 9.39. The number of nitrogens with zero attached hydrogens (tertiary/aromatic N) is 1. The first-order valence-electron chi connectivity index (χ1n) is 10.5. The number of aryl methyl sites for hydroxylation is 2. The Labute approximate surface area is 203 Å². The number of anilines is 1. The molecule has 1 aliphatic heterocycles. The molecule has 8 heteroatoms. The fourth-order valence-corrected chi connectivity index (χ4v) is 4.84. The van der Waals surface area contributed by atoms with Crippen molar-refractivity contribution in [1.82, 2.24) is 4.90 Å².